The van der Waals surface area contributed by atoms with Gasteiger partial charge in [0.05, 0.1) is 17.3 Å². The number of rotatable bonds is 7. The Morgan fingerprint density at radius 1 is 1.33 bits per heavy atom. The highest BCUT2D eigenvalue weighted by Crippen LogP contribution is 2.21. The first-order chi connectivity index (χ1) is 10.1. The predicted molar refractivity (Wildman–Crippen MR) is 83.7 cm³/mol. The van der Waals surface area contributed by atoms with Gasteiger partial charge in [-0.25, -0.2) is 9.78 Å². The van der Waals surface area contributed by atoms with Crippen molar-refractivity contribution in [2.24, 2.45) is 0 Å². The minimum Gasteiger partial charge on any atom is -0.493 e. The number of thiazole rings is 1. The zero-order chi connectivity index (χ0) is 15.2. The molecule has 1 aromatic carbocycles. The maximum absolute atomic E-state index is 11.2. The molecule has 4 nitrogen and oxygen atoms in total. The van der Waals surface area contributed by atoms with Gasteiger partial charge in [0, 0.05) is 11.4 Å². The molecule has 2 aromatic rings. The van der Waals surface area contributed by atoms with Gasteiger partial charge >= 0.3 is 5.97 Å². The summed E-state index contributed by atoms with van der Waals surface area (Å²) >= 11 is 7.03. The molecule has 0 atom stereocenters. The van der Waals surface area contributed by atoms with E-state index in [4.69, 9.17) is 21.4 Å². The second-order valence-electron chi connectivity index (χ2n) is 4.49. The Balaban J connectivity index is 1.95. The lowest BCUT2D eigenvalue weighted by Gasteiger charge is -2.04. The molecule has 0 saturated carbocycles. The van der Waals surface area contributed by atoms with E-state index in [1.165, 1.54) is 11.3 Å². The zero-order valence-electron chi connectivity index (χ0n) is 11.6. The molecule has 0 spiro atoms. The van der Waals surface area contributed by atoms with Gasteiger partial charge in [0.1, 0.15) is 10.6 Å². The van der Waals surface area contributed by atoms with Gasteiger partial charge in [0.15, 0.2) is 0 Å². The zero-order valence-corrected chi connectivity index (χ0v) is 13.2. The molecule has 0 amide bonds. The minimum absolute atomic E-state index is 0.346. The third-order valence-electron chi connectivity index (χ3n) is 2.82. The fourth-order valence-corrected chi connectivity index (χ4v) is 2.92. The van der Waals surface area contributed by atoms with E-state index >= 15 is 0 Å². The summed E-state index contributed by atoms with van der Waals surface area (Å²) in [5.41, 5.74) is 0.677. The van der Waals surface area contributed by atoms with E-state index in [1.54, 1.807) is 24.3 Å². The smallest absolute Gasteiger partial charge is 0.347 e. The fraction of sp³-hybridized carbons (Fsp3) is 0.333. The van der Waals surface area contributed by atoms with E-state index in [2.05, 4.69) is 4.98 Å². The highest BCUT2D eigenvalue weighted by Gasteiger charge is 2.16. The van der Waals surface area contributed by atoms with Crippen LogP contribution in [0, 0.1) is 0 Å². The molecule has 0 aliphatic carbocycles. The number of carboxylic acids is 1. The molecule has 0 fully saturated rings. The number of carbonyl (C=O) groups is 1. The second-order valence-corrected chi connectivity index (χ2v) is 6.01. The molecular formula is C15H16ClNO3S. The Morgan fingerprint density at radius 2 is 2.05 bits per heavy atom. The van der Waals surface area contributed by atoms with Crippen molar-refractivity contribution < 1.29 is 14.6 Å². The Bertz CT molecular complexity index is 610. The van der Waals surface area contributed by atoms with Crippen LogP contribution in [0.1, 0.15) is 33.7 Å². The van der Waals surface area contributed by atoms with Gasteiger partial charge in [0.2, 0.25) is 0 Å². The molecule has 0 radical (unpaired) electrons. The number of carboxylic acid groups (broad SMARTS) is 1. The number of aromatic carboxylic acids is 1. The number of aromatic nitrogens is 1. The molecule has 1 N–H and O–H groups in total. The largest absolute Gasteiger partial charge is 0.493 e. The normalized spacial score (nSPS) is 10.6. The van der Waals surface area contributed by atoms with Crippen molar-refractivity contribution in [2.75, 3.05) is 6.61 Å². The van der Waals surface area contributed by atoms with Crippen LogP contribution in [0.3, 0.4) is 0 Å². The van der Waals surface area contributed by atoms with E-state index in [-0.39, 0.29) is 0 Å². The third kappa shape index (κ3) is 4.44. The summed E-state index contributed by atoms with van der Waals surface area (Å²) in [7, 11) is 0. The van der Waals surface area contributed by atoms with Crippen molar-refractivity contribution >= 4 is 28.9 Å². The Kier molecular flexibility index (Phi) is 5.59. The molecular weight excluding hydrogens is 310 g/mol. The van der Waals surface area contributed by atoms with Gasteiger partial charge in [-0.15, -0.1) is 11.3 Å². The van der Waals surface area contributed by atoms with Crippen LogP contribution in [0.2, 0.25) is 5.02 Å². The molecule has 0 aliphatic rings. The summed E-state index contributed by atoms with van der Waals surface area (Å²) in [4.78, 5) is 15.9. The van der Waals surface area contributed by atoms with Crippen LogP contribution >= 0.6 is 22.9 Å². The van der Waals surface area contributed by atoms with Crippen LogP contribution in [0.5, 0.6) is 5.75 Å². The van der Waals surface area contributed by atoms with Crippen molar-refractivity contribution in [1.82, 2.24) is 4.98 Å². The van der Waals surface area contributed by atoms with Crippen LogP contribution in [-0.2, 0) is 12.8 Å². The summed E-state index contributed by atoms with van der Waals surface area (Å²) in [6.07, 6.45) is 2.16. The van der Waals surface area contributed by atoms with E-state index in [0.29, 0.717) is 35.0 Å². The summed E-state index contributed by atoms with van der Waals surface area (Å²) in [5, 5.41) is 10.6. The average molecular weight is 326 g/mol. The van der Waals surface area contributed by atoms with Crippen LogP contribution in [0.25, 0.3) is 0 Å². The van der Waals surface area contributed by atoms with Crippen molar-refractivity contribution in [3.8, 4) is 5.75 Å². The molecule has 0 unspecified atom stereocenters. The molecule has 21 heavy (non-hydrogen) atoms. The Hall–Kier alpha value is -1.59. The van der Waals surface area contributed by atoms with Crippen molar-refractivity contribution in [3.05, 3.63) is 44.9 Å². The standard InChI is InChI=1S/C15H16ClNO3S/c1-2-3-12-14(15(18)19)21-13(17-12)8-9-20-11-6-4-10(16)5-7-11/h4-7H,2-3,8-9H2,1H3,(H,18,19). The van der Waals surface area contributed by atoms with Crippen LogP contribution in [0.4, 0.5) is 0 Å². The molecule has 1 aromatic heterocycles. The number of halogens is 1. The second kappa shape index (κ2) is 7.43. The molecule has 112 valence electrons. The van der Waals surface area contributed by atoms with Crippen molar-refractivity contribution in [1.29, 1.82) is 0 Å². The first kappa shape index (κ1) is 15.8. The van der Waals surface area contributed by atoms with Crippen molar-refractivity contribution in [2.45, 2.75) is 26.2 Å². The molecule has 6 heteroatoms. The van der Waals surface area contributed by atoms with Gasteiger partial charge in [0.25, 0.3) is 0 Å². The van der Waals surface area contributed by atoms with E-state index < -0.39 is 5.97 Å². The molecule has 0 bridgehead atoms. The first-order valence-electron chi connectivity index (χ1n) is 6.70. The van der Waals surface area contributed by atoms with E-state index in [9.17, 15) is 4.79 Å². The van der Waals surface area contributed by atoms with Gasteiger partial charge in [-0.2, -0.15) is 0 Å². The number of hydrogen-bond acceptors (Lipinski definition) is 4. The number of nitrogens with zero attached hydrogens (tertiary/aromatic N) is 1. The van der Waals surface area contributed by atoms with Crippen LogP contribution in [-0.4, -0.2) is 22.7 Å². The lowest BCUT2D eigenvalue weighted by molar-refractivity contribution is 0.0700. The van der Waals surface area contributed by atoms with Gasteiger partial charge in [-0.3, -0.25) is 0 Å². The predicted octanol–water partition coefficient (Wildman–Crippen LogP) is 4.07. The maximum Gasteiger partial charge on any atom is 0.347 e. The summed E-state index contributed by atoms with van der Waals surface area (Å²) in [6.45, 7) is 2.47. The summed E-state index contributed by atoms with van der Waals surface area (Å²) in [5.74, 6) is -0.163. The van der Waals surface area contributed by atoms with Gasteiger partial charge in [-0.05, 0) is 30.7 Å². The molecule has 1 heterocycles. The fourth-order valence-electron chi connectivity index (χ4n) is 1.87. The highest BCUT2D eigenvalue weighted by molar-refractivity contribution is 7.13. The quantitative estimate of drug-likeness (QED) is 0.833. The number of aryl methyl sites for hydroxylation is 1. The highest BCUT2D eigenvalue weighted by atomic mass is 35.5. The lowest BCUT2D eigenvalue weighted by atomic mass is 10.2. The van der Waals surface area contributed by atoms with Gasteiger partial charge in [-0.1, -0.05) is 24.9 Å². The maximum atomic E-state index is 11.2. The number of benzene rings is 1. The van der Waals surface area contributed by atoms with E-state index in [1.807, 2.05) is 6.92 Å². The topological polar surface area (TPSA) is 59.4 Å². The summed E-state index contributed by atoms with van der Waals surface area (Å²) < 4.78 is 5.60. The van der Waals surface area contributed by atoms with E-state index in [0.717, 1.165) is 17.2 Å². The lowest BCUT2D eigenvalue weighted by Crippen LogP contribution is -2.01. The summed E-state index contributed by atoms with van der Waals surface area (Å²) in [6, 6.07) is 7.13. The van der Waals surface area contributed by atoms with Crippen LogP contribution < -0.4 is 4.74 Å². The first-order valence-corrected chi connectivity index (χ1v) is 7.90. The SMILES string of the molecule is CCCc1nc(CCOc2ccc(Cl)cc2)sc1C(=O)O. The monoisotopic (exact) mass is 325 g/mol. The van der Waals surface area contributed by atoms with Crippen molar-refractivity contribution in [3.63, 3.8) is 0 Å². The Labute approximate surface area is 132 Å². The molecule has 0 saturated heterocycles. The number of ether oxygens (including phenoxy) is 1. The molecule has 0 aliphatic heterocycles. The van der Waals surface area contributed by atoms with Crippen LogP contribution in [0.15, 0.2) is 24.3 Å². The number of hydrogen-bond donors (Lipinski definition) is 1. The van der Waals surface area contributed by atoms with Gasteiger partial charge < -0.3 is 9.84 Å². The Morgan fingerprint density at radius 3 is 2.67 bits per heavy atom. The minimum atomic E-state index is -0.902. The molecule has 2 rings (SSSR count). The third-order valence-corrected chi connectivity index (χ3v) is 4.22. The average Bonchev–Trinajstić information content (AvgIpc) is 2.85.